The Hall–Kier alpha value is -1.81. The molecule has 1 aromatic carbocycles. The third-order valence-corrected chi connectivity index (χ3v) is 3.29. The molecule has 0 unspecified atom stereocenters. The van der Waals surface area contributed by atoms with Crippen LogP contribution in [0, 0.1) is 13.8 Å². The van der Waals surface area contributed by atoms with Gasteiger partial charge >= 0.3 is 5.97 Å². The fraction of sp³-hybridized carbons (Fsp3) is 0.357. The molecule has 0 atom stereocenters. The Kier molecular flexibility index (Phi) is 3.39. The van der Waals surface area contributed by atoms with Crippen LogP contribution in [0.5, 0.6) is 0 Å². The van der Waals surface area contributed by atoms with Crippen LogP contribution in [-0.4, -0.2) is 27.4 Å². The van der Waals surface area contributed by atoms with Crippen molar-refractivity contribution in [3.05, 3.63) is 35.0 Å². The number of nitrogens with zero attached hydrogens (tertiary/aromatic N) is 1. The minimum Gasteiger partial charge on any atom is -0.478 e. The summed E-state index contributed by atoms with van der Waals surface area (Å²) in [6.07, 6.45) is 2.65. The largest absolute Gasteiger partial charge is 0.478 e. The maximum atomic E-state index is 11.2. The Morgan fingerprint density at radius 1 is 1.39 bits per heavy atom. The third-order valence-electron chi connectivity index (χ3n) is 3.29. The minimum atomic E-state index is -0.888. The molecular formula is C14H17NO3. The van der Waals surface area contributed by atoms with Crippen molar-refractivity contribution in [1.82, 2.24) is 4.57 Å². The van der Waals surface area contributed by atoms with E-state index < -0.39 is 5.97 Å². The molecule has 0 aliphatic heterocycles. The van der Waals surface area contributed by atoms with Crippen LogP contribution in [0.2, 0.25) is 0 Å². The number of aryl methyl sites for hydroxylation is 3. The molecule has 0 radical (unpaired) electrons. The first-order chi connectivity index (χ1) is 8.56. The molecule has 0 saturated heterocycles. The number of aromatic carboxylic acids is 1. The van der Waals surface area contributed by atoms with Crippen LogP contribution in [0.25, 0.3) is 10.9 Å². The lowest BCUT2D eigenvalue weighted by atomic mass is 10.0. The van der Waals surface area contributed by atoms with Gasteiger partial charge in [0.05, 0.1) is 11.1 Å². The second kappa shape index (κ2) is 4.82. The van der Waals surface area contributed by atoms with Crippen molar-refractivity contribution in [3.63, 3.8) is 0 Å². The van der Waals surface area contributed by atoms with Gasteiger partial charge in [-0.3, -0.25) is 0 Å². The highest BCUT2D eigenvalue weighted by Gasteiger charge is 2.14. The van der Waals surface area contributed by atoms with E-state index in [9.17, 15) is 4.79 Å². The summed E-state index contributed by atoms with van der Waals surface area (Å²) in [5.74, 6) is -0.888. The van der Waals surface area contributed by atoms with Gasteiger partial charge in [-0.15, -0.1) is 0 Å². The van der Waals surface area contributed by atoms with E-state index in [1.165, 1.54) is 0 Å². The first kappa shape index (κ1) is 12.6. The van der Waals surface area contributed by atoms with Crippen LogP contribution in [0.3, 0.4) is 0 Å². The molecule has 0 fully saturated rings. The molecule has 0 bridgehead atoms. The number of aliphatic hydroxyl groups is 1. The standard InChI is InChI=1S/C14H17NO3/c1-9-8-12(14(17)18)10(2)11-4-6-15(13(9)11)5-3-7-16/h4,6,8,16H,3,5,7H2,1-2H3,(H,17,18). The van der Waals surface area contributed by atoms with E-state index in [2.05, 4.69) is 4.57 Å². The van der Waals surface area contributed by atoms with Crippen LogP contribution in [-0.2, 0) is 6.54 Å². The number of fused-ring (bicyclic) bond motifs is 1. The van der Waals surface area contributed by atoms with Gasteiger partial charge in [-0.1, -0.05) is 0 Å². The number of aliphatic hydroxyl groups excluding tert-OH is 1. The quantitative estimate of drug-likeness (QED) is 0.871. The SMILES string of the molecule is Cc1c(C(=O)O)cc(C)c2c1ccn2CCCO. The molecule has 0 aliphatic rings. The molecule has 2 N–H and O–H groups in total. The monoisotopic (exact) mass is 247 g/mol. The van der Waals surface area contributed by atoms with E-state index in [0.29, 0.717) is 12.0 Å². The summed E-state index contributed by atoms with van der Waals surface area (Å²) in [6.45, 7) is 4.66. The third kappa shape index (κ3) is 1.99. The number of rotatable bonds is 4. The predicted molar refractivity (Wildman–Crippen MR) is 70.1 cm³/mol. The van der Waals surface area contributed by atoms with E-state index in [4.69, 9.17) is 10.2 Å². The van der Waals surface area contributed by atoms with Crippen LogP contribution in [0.15, 0.2) is 18.3 Å². The number of benzene rings is 1. The molecule has 0 spiro atoms. The molecule has 2 aromatic rings. The van der Waals surface area contributed by atoms with Crippen molar-refractivity contribution >= 4 is 16.9 Å². The molecule has 4 heteroatoms. The topological polar surface area (TPSA) is 62.5 Å². The normalized spacial score (nSPS) is 11.1. The van der Waals surface area contributed by atoms with E-state index in [1.54, 1.807) is 6.07 Å². The van der Waals surface area contributed by atoms with Gasteiger partial charge in [-0.2, -0.15) is 0 Å². The second-order valence-electron chi connectivity index (χ2n) is 4.52. The summed E-state index contributed by atoms with van der Waals surface area (Å²) in [4.78, 5) is 11.2. The number of hydrogen-bond donors (Lipinski definition) is 2. The van der Waals surface area contributed by atoms with Gasteiger partial charge in [0.25, 0.3) is 0 Å². The molecule has 1 aromatic heterocycles. The summed E-state index contributed by atoms with van der Waals surface area (Å²) in [7, 11) is 0. The van der Waals surface area contributed by atoms with Crippen LogP contribution in [0.4, 0.5) is 0 Å². The van der Waals surface area contributed by atoms with Crippen LogP contribution < -0.4 is 0 Å². The van der Waals surface area contributed by atoms with Crippen molar-refractivity contribution < 1.29 is 15.0 Å². The van der Waals surface area contributed by atoms with Gasteiger partial charge in [0.15, 0.2) is 0 Å². The smallest absolute Gasteiger partial charge is 0.335 e. The molecule has 18 heavy (non-hydrogen) atoms. The molecule has 0 amide bonds. The molecular weight excluding hydrogens is 230 g/mol. The number of carbonyl (C=O) groups is 1. The number of carboxylic acid groups (broad SMARTS) is 1. The Morgan fingerprint density at radius 3 is 2.72 bits per heavy atom. The molecule has 0 aliphatic carbocycles. The van der Waals surface area contributed by atoms with Crippen molar-refractivity contribution in [2.45, 2.75) is 26.8 Å². The second-order valence-corrected chi connectivity index (χ2v) is 4.52. The van der Waals surface area contributed by atoms with Gasteiger partial charge in [-0.25, -0.2) is 4.79 Å². The molecule has 0 saturated carbocycles. The van der Waals surface area contributed by atoms with Crippen molar-refractivity contribution in [2.24, 2.45) is 0 Å². The fourth-order valence-electron chi connectivity index (χ4n) is 2.40. The minimum absolute atomic E-state index is 0.158. The Labute approximate surface area is 105 Å². The van der Waals surface area contributed by atoms with Gasteiger partial charge < -0.3 is 14.8 Å². The Morgan fingerprint density at radius 2 is 2.11 bits per heavy atom. The Bertz CT molecular complexity index is 599. The van der Waals surface area contributed by atoms with Crippen molar-refractivity contribution in [1.29, 1.82) is 0 Å². The molecule has 4 nitrogen and oxygen atoms in total. The average molecular weight is 247 g/mol. The van der Waals surface area contributed by atoms with E-state index in [0.717, 1.165) is 28.6 Å². The first-order valence-corrected chi connectivity index (χ1v) is 5.99. The van der Waals surface area contributed by atoms with E-state index in [1.807, 2.05) is 26.1 Å². The predicted octanol–water partition coefficient (Wildman–Crippen LogP) is 2.34. The lowest BCUT2D eigenvalue weighted by molar-refractivity contribution is 0.0696. The molecule has 1 heterocycles. The zero-order valence-corrected chi connectivity index (χ0v) is 10.6. The van der Waals surface area contributed by atoms with E-state index >= 15 is 0 Å². The summed E-state index contributed by atoms with van der Waals surface area (Å²) < 4.78 is 2.07. The van der Waals surface area contributed by atoms with Crippen molar-refractivity contribution in [2.75, 3.05) is 6.61 Å². The highest BCUT2D eigenvalue weighted by atomic mass is 16.4. The summed E-state index contributed by atoms with van der Waals surface area (Å²) in [5.41, 5.74) is 3.17. The van der Waals surface area contributed by atoms with Gasteiger partial charge in [-0.05, 0) is 43.5 Å². The highest BCUT2D eigenvalue weighted by Crippen LogP contribution is 2.27. The zero-order valence-electron chi connectivity index (χ0n) is 10.6. The number of hydrogen-bond acceptors (Lipinski definition) is 2. The molecule has 2 rings (SSSR count). The summed E-state index contributed by atoms with van der Waals surface area (Å²) >= 11 is 0. The average Bonchev–Trinajstić information content (AvgIpc) is 2.75. The van der Waals surface area contributed by atoms with Gasteiger partial charge in [0.1, 0.15) is 0 Å². The summed E-state index contributed by atoms with van der Waals surface area (Å²) in [6, 6.07) is 3.66. The lowest BCUT2D eigenvalue weighted by Gasteiger charge is -2.10. The van der Waals surface area contributed by atoms with Gasteiger partial charge in [0.2, 0.25) is 0 Å². The first-order valence-electron chi connectivity index (χ1n) is 5.99. The van der Waals surface area contributed by atoms with Crippen LogP contribution in [0.1, 0.15) is 27.9 Å². The number of aromatic nitrogens is 1. The van der Waals surface area contributed by atoms with Gasteiger partial charge in [0, 0.05) is 24.7 Å². The Balaban J connectivity index is 2.62. The molecule has 96 valence electrons. The highest BCUT2D eigenvalue weighted by molar-refractivity contribution is 5.98. The van der Waals surface area contributed by atoms with Crippen molar-refractivity contribution in [3.8, 4) is 0 Å². The maximum Gasteiger partial charge on any atom is 0.335 e. The summed E-state index contributed by atoms with van der Waals surface area (Å²) in [5, 5.41) is 19.0. The lowest BCUT2D eigenvalue weighted by Crippen LogP contribution is -2.04. The maximum absolute atomic E-state index is 11.2. The van der Waals surface area contributed by atoms with Crippen LogP contribution >= 0.6 is 0 Å². The van der Waals surface area contributed by atoms with E-state index in [-0.39, 0.29) is 6.61 Å². The number of carboxylic acids is 1. The zero-order chi connectivity index (χ0) is 13.3. The fourth-order valence-corrected chi connectivity index (χ4v) is 2.40.